The number of nitrogens with zero attached hydrogens (tertiary/aromatic N) is 4. The number of aryl methyl sites for hydroxylation is 1. The number of hydrogen-bond donors (Lipinski definition) is 2. The number of benzene rings is 1. The molecule has 1 atom stereocenters. The molecule has 164 valence electrons. The topological polar surface area (TPSA) is 90.5 Å². The monoisotopic (exact) mass is 446 g/mol. The maximum absolute atomic E-state index is 13.3. The summed E-state index contributed by atoms with van der Waals surface area (Å²) in [6.45, 7) is 6.74. The summed E-state index contributed by atoms with van der Waals surface area (Å²) >= 11 is 5.78. The molecule has 1 unspecified atom stereocenters. The maximum Gasteiger partial charge on any atom is 0.254 e. The van der Waals surface area contributed by atoms with Gasteiger partial charge in [-0.15, -0.1) is 0 Å². The van der Waals surface area contributed by atoms with Gasteiger partial charge in [-0.25, -0.2) is 9.37 Å². The third kappa shape index (κ3) is 3.89. The molecule has 0 aliphatic carbocycles. The van der Waals surface area contributed by atoms with E-state index in [4.69, 9.17) is 11.6 Å². The second kappa shape index (κ2) is 7.96. The normalized spacial score (nSPS) is 18.5. The van der Waals surface area contributed by atoms with E-state index < -0.39 is 5.82 Å². The molecular formula is C21H24ClFN6O2. The van der Waals surface area contributed by atoms with Crippen molar-refractivity contribution in [2.24, 2.45) is 5.92 Å². The number of fused-ring (bicyclic) bond motifs is 1. The molecule has 8 nitrogen and oxygen atoms in total. The number of nitrogens with one attached hydrogen (secondary N) is 2. The van der Waals surface area contributed by atoms with Crippen LogP contribution in [0, 0.1) is 18.7 Å². The van der Waals surface area contributed by atoms with E-state index in [9.17, 15) is 14.0 Å². The number of amides is 2. The van der Waals surface area contributed by atoms with Crippen molar-refractivity contribution in [1.29, 1.82) is 0 Å². The van der Waals surface area contributed by atoms with E-state index in [0.29, 0.717) is 41.8 Å². The van der Waals surface area contributed by atoms with Crippen LogP contribution in [-0.4, -0.2) is 58.9 Å². The Kier molecular flexibility index (Phi) is 5.47. The van der Waals surface area contributed by atoms with Crippen LogP contribution in [-0.2, 0) is 4.79 Å². The number of likely N-dealkylation sites (N-methyl/N-ethyl adjacent to an activating group) is 1. The summed E-state index contributed by atoms with van der Waals surface area (Å²) in [5.41, 5.74) is 1.64. The fourth-order valence-corrected chi connectivity index (χ4v) is 4.19. The number of aromatic nitrogens is 2. The van der Waals surface area contributed by atoms with Gasteiger partial charge in [-0.3, -0.25) is 9.59 Å². The first kappa shape index (κ1) is 21.3. The standard InChI is InChI=1S/C21H24ClFN6O2/c1-10(2)17-19(30)26-16-11(3)24-21(27-18(16)28(17)4)25-13-8-29(9-13)20(31)12-5-6-15(23)14(22)7-12/h5-7,10,13,17H,8-9H2,1-4H3,(H,26,30)(H,24,25,27). The number of anilines is 3. The van der Waals surface area contributed by atoms with Crippen molar-refractivity contribution in [2.75, 3.05) is 35.7 Å². The van der Waals surface area contributed by atoms with E-state index in [-0.39, 0.29) is 34.8 Å². The summed E-state index contributed by atoms with van der Waals surface area (Å²) in [5.74, 6) is 0.416. The number of carbonyl (C=O) groups is 2. The van der Waals surface area contributed by atoms with Gasteiger partial charge >= 0.3 is 0 Å². The van der Waals surface area contributed by atoms with Crippen molar-refractivity contribution in [2.45, 2.75) is 32.9 Å². The molecule has 2 aliphatic heterocycles. The van der Waals surface area contributed by atoms with Crippen LogP contribution in [0.1, 0.15) is 29.9 Å². The Morgan fingerprint density at radius 1 is 1.32 bits per heavy atom. The van der Waals surface area contributed by atoms with Gasteiger partial charge in [0.15, 0.2) is 5.82 Å². The molecule has 2 aromatic rings. The number of rotatable bonds is 4. The van der Waals surface area contributed by atoms with Crippen molar-refractivity contribution in [3.8, 4) is 0 Å². The lowest BCUT2D eigenvalue weighted by Crippen LogP contribution is -2.57. The van der Waals surface area contributed by atoms with Crippen molar-refractivity contribution in [1.82, 2.24) is 14.9 Å². The first-order valence-corrected chi connectivity index (χ1v) is 10.5. The number of hydrogen-bond acceptors (Lipinski definition) is 6. The number of likely N-dealkylation sites (tertiary alicyclic amines) is 1. The summed E-state index contributed by atoms with van der Waals surface area (Å²) in [6.07, 6.45) is 0. The maximum atomic E-state index is 13.3. The van der Waals surface area contributed by atoms with Gasteiger partial charge in [0.05, 0.1) is 16.8 Å². The lowest BCUT2D eigenvalue weighted by molar-refractivity contribution is -0.118. The summed E-state index contributed by atoms with van der Waals surface area (Å²) in [6, 6.07) is 3.63. The van der Waals surface area contributed by atoms with Crippen LogP contribution in [0.3, 0.4) is 0 Å². The first-order chi connectivity index (χ1) is 14.7. The molecule has 0 saturated carbocycles. The highest BCUT2D eigenvalue weighted by atomic mass is 35.5. The molecule has 2 aliphatic rings. The van der Waals surface area contributed by atoms with Gasteiger partial charge in [0, 0.05) is 25.7 Å². The third-order valence-electron chi connectivity index (χ3n) is 5.64. The predicted octanol–water partition coefficient (Wildman–Crippen LogP) is 2.93. The highest BCUT2D eigenvalue weighted by Crippen LogP contribution is 2.34. The van der Waals surface area contributed by atoms with Gasteiger partial charge in [-0.1, -0.05) is 25.4 Å². The van der Waals surface area contributed by atoms with Crippen LogP contribution in [0.25, 0.3) is 0 Å². The molecule has 1 saturated heterocycles. The predicted molar refractivity (Wildman–Crippen MR) is 117 cm³/mol. The van der Waals surface area contributed by atoms with Crippen LogP contribution in [0.5, 0.6) is 0 Å². The highest BCUT2D eigenvalue weighted by molar-refractivity contribution is 6.31. The van der Waals surface area contributed by atoms with E-state index in [0.717, 1.165) is 0 Å². The first-order valence-electron chi connectivity index (χ1n) is 10.1. The van der Waals surface area contributed by atoms with Gasteiger partial charge in [0.1, 0.15) is 17.5 Å². The Morgan fingerprint density at radius 2 is 2.03 bits per heavy atom. The van der Waals surface area contributed by atoms with Crippen LogP contribution in [0.4, 0.5) is 21.8 Å². The fraction of sp³-hybridized carbons (Fsp3) is 0.429. The minimum absolute atomic E-state index is 0.0123. The second-order valence-electron chi connectivity index (χ2n) is 8.30. The van der Waals surface area contributed by atoms with Crippen LogP contribution in [0.15, 0.2) is 18.2 Å². The SMILES string of the molecule is Cc1nc(NC2CN(C(=O)c3ccc(F)c(Cl)c3)C2)nc2c1NC(=O)C(C(C)C)N2C. The lowest BCUT2D eigenvalue weighted by Gasteiger charge is -2.40. The van der Waals surface area contributed by atoms with Gasteiger partial charge in [-0.2, -0.15) is 4.98 Å². The summed E-state index contributed by atoms with van der Waals surface area (Å²) in [5, 5.41) is 6.11. The molecule has 0 bridgehead atoms. The second-order valence-corrected chi connectivity index (χ2v) is 8.71. The molecule has 0 radical (unpaired) electrons. The summed E-state index contributed by atoms with van der Waals surface area (Å²) in [4.78, 5) is 37.6. The summed E-state index contributed by atoms with van der Waals surface area (Å²) in [7, 11) is 1.86. The number of halogens is 2. The zero-order chi connectivity index (χ0) is 22.4. The zero-order valence-electron chi connectivity index (χ0n) is 17.7. The summed E-state index contributed by atoms with van der Waals surface area (Å²) < 4.78 is 13.3. The van der Waals surface area contributed by atoms with Gasteiger partial charge in [0.2, 0.25) is 11.9 Å². The Hall–Kier alpha value is -2.94. The molecule has 2 amide bonds. The molecule has 10 heteroatoms. The molecule has 2 N–H and O–H groups in total. The van der Waals surface area contributed by atoms with Gasteiger partial charge in [0.25, 0.3) is 5.91 Å². The van der Waals surface area contributed by atoms with Crippen molar-refractivity contribution < 1.29 is 14.0 Å². The van der Waals surface area contributed by atoms with E-state index in [1.807, 2.05) is 32.7 Å². The van der Waals surface area contributed by atoms with Crippen molar-refractivity contribution >= 4 is 40.9 Å². The average molecular weight is 447 g/mol. The third-order valence-corrected chi connectivity index (χ3v) is 5.93. The molecule has 3 heterocycles. The van der Waals surface area contributed by atoms with Crippen LogP contribution < -0.4 is 15.5 Å². The minimum Gasteiger partial charge on any atom is -0.348 e. The average Bonchev–Trinajstić information content (AvgIpc) is 2.67. The Labute approximate surface area is 184 Å². The molecule has 4 rings (SSSR count). The smallest absolute Gasteiger partial charge is 0.254 e. The van der Waals surface area contributed by atoms with Crippen LogP contribution >= 0.6 is 11.6 Å². The fourth-order valence-electron chi connectivity index (χ4n) is 4.01. The molecular weight excluding hydrogens is 423 g/mol. The lowest BCUT2D eigenvalue weighted by atomic mass is 9.99. The van der Waals surface area contributed by atoms with Crippen molar-refractivity contribution in [3.05, 3.63) is 40.3 Å². The molecule has 1 aromatic heterocycles. The molecule has 0 spiro atoms. The van der Waals surface area contributed by atoms with E-state index >= 15 is 0 Å². The Balaban J connectivity index is 1.45. The van der Waals surface area contributed by atoms with Gasteiger partial charge in [-0.05, 0) is 31.0 Å². The van der Waals surface area contributed by atoms with E-state index in [1.54, 1.807) is 4.90 Å². The minimum atomic E-state index is -0.554. The Bertz CT molecular complexity index is 1060. The quantitative estimate of drug-likeness (QED) is 0.750. The van der Waals surface area contributed by atoms with Crippen LogP contribution in [0.2, 0.25) is 5.02 Å². The molecule has 1 fully saturated rings. The Morgan fingerprint density at radius 3 is 2.68 bits per heavy atom. The number of carbonyl (C=O) groups excluding carboxylic acids is 2. The zero-order valence-corrected chi connectivity index (χ0v) is 18.5. The van der Waals surface area contributed by atoms with Crippen molar-refractivity contribution in [3.63, 3.8) is 0 Å². The molecule has 1 aromatic carbocycles. The molecule has 31 heavy (non-hydrogen) atoms. The largest absolute Gasteiger partial charge is 0.348 e. The highest BCUT2D eigenvalue weighted by Gasteiger charge is 2.36. The van der Waals surface area contributed by atoms with Gasteiger partial charge < -0.3 is 20.4 Å². The van der Waals surface area contributed by atoms with E-state index in [1.165, 1.54) is 18.2 Å². The van der Waals surface area contributed by atoms with E-state index in [2.05, 4.69) is 20.6 Å².